The second-order valence-corrected chi connectivity index (χ2v) is 13.8. The third-order valence-electron chi connectivity index (χ3n) is 7.63. The molecular weight excluding hydrogens is 685 g/mol. The SMILES string of the molecule is CCOc1ccc(N(CC(=O)N(Cc2cccc(Br)c2)[C@@H](Cc2ccccc2)C(=O)N[C@H](C)CC)S(=O)(=O)c2ccc(F)cc2)cc1. The molecule has 0 heterocycles. The minimum atomic E-state index is -4.36. The van der Waals surface area contributed by atoms with Gasteiger partial charge in [0.25, 0.3) is 10.0 Å². The molecular formula is C36H39BrFN3O5S. The summed E-state index contributed by atoms with van der Waals surface area (Å²) >= 11 is 3.49. The summed E-state index contributed by atoms with van der Waals surface area (Å²) in [5, 5.41) is 3.02. The highest BCUT2D eigenvalue weighted by molar-refractivity contribution is 9.10. The van der Waals surface area contributed by atoms with Gasteiger partial charge in [0.15, 0.2) is 0 Å². The Morgan fingerprint density at radius 1 is 0.894 bits per heavy atom. The first-order valence-corrected chi connectivity index (χ1v) is 17.6. The summed E-state index contributed by atoms with van der Waals surface area (Å²) in [6, 6.07) is 26.4. The fourth-order valence-electron chi connectivity index (χ4n) is 4.96. The van der Waals surface area contributed by atoms with Gasteiger partial charge in [-0.3, -0.25) is 13.9 Å². The highest BCUT2D eigenvalue weighted by Crippen LogP contribution is 2.27. The Labute approximate surface area is 284 Å². The van der Waals surface area contributed by atoms with Crippen molar-refractivity contribution in [2.75, 3.05) is 17.5 Å². The Bertz CT molecular complexity index is 1740. The van der Waals surface area contributed by atoms with Crippen molar-refractivity contribution in [2.24, 2.45) is 0 Å². The molecule has 0 aliphatic carbocycles. The molecule has 0 aliphatic rings. The quantitative estimate of drug-likeness (QED) is 0.147. The van der Waals surface area contributed by atoms with Crippen molar-refractivity contribution >= 4 is 43.5 Å². The monoisotopic (exact) mass is 723 g/mol. The zero-order valence-corrected chi connectivity index (χ0v) is 29.0. The molecule has 4 aromatic rings. The molecule has 0 unspecified atom stereocenters. The van der Waals surface area contributed by atoms with E-state index in [0.29, 0.717) is 18.8 Å². The first-order valence-electron chi connectivity index (χ1n) is 15.4. The average Bonchev–Trinajstić information content (AvgIpc) is 3.06. The molecule has 47 heavy (non-hydrogen) atoms. The fourth-order valence-corrected chi connectivity index (χ4v) is 6.83. The molecule has 11 heteroatoms. The number of rotatable bonds is 15. The lowest BCUT2D eigenvalue weighted by Crippen LogP contribution is -2.54. The molecule has 248 valence electrons. The Morgan fingerprint density at radius 3 is 2.17 bits per heavy atom. The van der Waals surface area contributed by atoms with Crippen LogP contribution in [0.25, 0.3) is 0 Å². The van der Waals surface area contributed by atoms with Crippen molar-refractivity contribution in [3.05, 3.63) is 125 Å². The average molecular weight is 725 g/mol. The number of hydrogen-bond donors (Lipinski definition) is 1. The van der Waals surface area contributed by atoms with Crippen LogP contribution in [0.2, 0.25) is 0 Å². The second-order valence-electron chi connectivity index (χ2n) is 11.1. The lowest BCUT2D eigenvalue weighted by molar-refractivity contribution is -0.140. The molecule has 1 N–H and O–H groups in total. The third kappa shape index (κ3) is 9.65. The molecule has 0 saturated carbocycles. The Kier molecular flexibility index (Phi) is 12.6. The molecule has 4 rings (SSSR count). The number of carbonyl (C=O) groups excluding carboxylic acids is 2. The molecule has 0 radical (unpaired) electrons. The summed E-state index contributed by atoms with van der Waals surface area (Å²) < 4.78 is 49.3. The Morgan fingerprint density at radius 2 is 1.55 bits per heavy atom. The molecule has 8 nitrogen and oxygen atoms in total. The van der Waals surface area contributed by atoms with Gasteiger partial charge in [-0.05, 0) is 92.1 Å². The van der Waals surface area contributed by atoms with Crippen LogP contribution >= 0.6 is 15.9 Å². The van der Waals surface area contributed by atoms with E-state index < -0.39 is 34.3 Å². The number of carbonyl (C=O) groups is 2. The van der Waals surface area contributed by atoms with Crippen LogP contribution in [0.1, 0.15) is 38.3 Å². The van der Waals surface area contributed by atoms with E-state index in [2.05, 4.69) is 21.2 Å². The molecule has 4 aromatic carbocycles. The van der Waals surface area contributed by atoms with Gasteiger partial charge in [0.1, 0.15) is 24.2 Å². The second kappa shape index (κ2) is 16.6. The fraction of sp³-hybridized carbons (Fsp3) is 0.278. The number of sulfonamides is 1. The maximum Gasteiger partial charge on any atom is 0.264 e. The molecule has 0 saturated heterocycles. The van der Waals surface area contributed by atoms with Crippen LogP contribution in [-0.4, -0.2) is 50.4 Å². The highest BCUT2D eigenvalue weighted by atomic mass is 79.9. The Hall–Kier alpha value is -4.22. The van der Waals surface area contributed by atoms with Gasteiger partial charge in [0.05, 0.1) is 17.2 Å². The standard InChI is InChI=1S/C36H39BrFN3O5S/c1-4-26(3)39-36(43)34(23-27-10-7-6-8-11-27)40(24-28-12-9-13-29(37)22-28)35(42)25-41(31-16-18-32(19-17-31)46-5-2)47(44,45)33-20-14-30(38)15-21-33/h6-22,26,34H,4-5,23-25H2,1-3H3,(H,39,43)/t26-,34+/m1/s1. The minimum Gasteiger partial charge on any atom is -0.494 e. The molecule has 0 aliphatic heterocycles. The normalized spacial score (nSPS) is 12.5. The van der Waals surface area contributed by atoms with Crippen molar-refractivity contribution in [3.63, 3.8) is 0 Å². The van der Waals surface area contributed by atoms with Crippen molar-refractivity contribution in [1.82, 2.24) is 10.2 Å². The molecule has 2 amide bonds. The number of nitrogens with zero attached hydrogens (tertiary/aromatic N) is 2. The Balaban J connectivity index is 1.81. The van der Waals surface area contributed by atoms with Crippen molar-refractivity contribution in [3.8, 4) is 5.75 Å². The van der Waals surface area contributed by atoms with E-state index >= 15 is 0 Å². The summed E-state index contributed by atoms with van der Waals surface area (Å²) in [5.41, 5.74) is 1.79. The lowest BCUT2D eigenvalue weighted by atomic mass is 10.0. The number of halogens is 2. The van der Waals surface area contributed by atoms with Gasteiger partial charge in [0.2, 0.25) is 11.8 Å². The van der Waals surface area contributed by atoms with E-state index in [-0.39, 0.29) is 35.5 Å². The van der Waals surface area contributed by atoms with Gasteiger partial charge < -0.3 is 15.0 Å². The van der Waals surface area contributed by atoms with E-state index in [1.165, 1.54) is 4.90 Å². The highest BCUT2D eigenvalue weighted by Gasteiger charge is 2.35. The summed E-state index contributed by atoms with van der Waals surface area (Å²) in [5.74, 6) is -1.00. The first kappa shape index (κ1) is 35.6. The van der Waals surface area contributed by atoms with Gasteiger partial charge >= 0.3 is 0 Å². The number of hydrogen-bond acceptors (Lipinski definition) is 5. The smallest absolute Gasteiger partial charge is 0.264 e. The van der Waals surface area contributed by atoms with E-state index in [0.717, 1.165) is 44.2 Å². The van der Waals surface area contributed by atoms with Crippen molar-refractivity contribution in [2.45, 2.75) is 57.1 Å². The van der Waals surface area contributed by atoms with Crippen LogP contribution < -0.4 is 14.4 Å². The topological polar surface area (TPSA) is 96.0 Å². The summed E-state index contributed by atoms with van der Waals surface area (Å²) in [4.78, 5) is 29.7. The number of benzene rings is 4. The van der Waals surface area contributed by atoms with E-state index in [4.69, 9.17) is 4.74 Å². The zero-order chi connectivity index (χ0) is 34.0. The molecule has 0 spiro atoms. The molecule has 0 bridgehead atoms. The maximum atomic E-state index is 14.6. The lowest BCUT2D eigenvalue weighted by Gasteiger charge is -2.34. The van der Waals surface area contributed by atoms with Crippen LogP contribution in [0.3, 0.4) is 0 Å². The third-order valence-corrected chi connectivity index (χ3v) is 9.91. The molecule has 2 atom stereocenters. The zero-order valence-electron chi connectivity index (χ0n) is 26.6. The van der Waals surface area contributed by atoms with Gasteiger partial charge in [-0.15, -0.1) is 0 Å². The number of anilines is 1. The van der Waals surface area contributed by atoms with E-state index in [1.54, 1.807) is 24.3 Å². The summed E-state index contributed by atoms with van der Waals surface area (Å²) in [6.45, 7) is 5.51. The van der Waals surface area contributed by atoms with Gasteiger partial charge in [-0.25, -0.2) is 12.8 Å². The minimum absolute atomic E-state index is 0.0391. The van der Waals surface area contributed by atoms with E-state index in [9.17, 15) is 22.4 Å². The van der Waals surface area contributed by atoms with Crippen molar-refractivity contribution < 1.29 is 27.1 Å². The number of ether oxygens (including phenoxy) is 1. The van der Waals surface area contributed by atoms with E-state index in [1.807, 2.05) is 75.4 Å². The largest absolute Gasteiger partial charge is 0.494 e. The van der Waals surface area contributed by atoms with Crippen LogP contribution in [0.4, 0.5) is 10.1 Å². The predicted octanol–water partition coefficient (Wildman–Crippen LogP) is 6.74. The maximum absolute atomic E-state index is 14.6. The number of amides is 2. The van der Waals surface area contributed by atoms with Gasteiger partial charge in [-0.2, -0.15) is 0 Å². The van der Waals surface area contributed by atoms with Crippen LogP contribution in [0.15, 0.2) is 112 Å². The van der Waals surface area contributed by atoms with Crippen LogP contribution in [0.5, 0.6) is 5.75 Å². The van der Waals surface area contributed by atoms with Gasteiger partial charge in [0, 0.05) is 23.5 Å². The molecule has 0 fully saturated rings. The van der Waals surface area contributed by atoms with Crippen LogP contribution in [0, 0.1) is 5.82 Å². The predicted molar refractivity (Wildman–Crippen MR) is 185 cm³/mol. The van der Waals surface area contributed by atoms with Crippen molar-refractivity contribution in [1.29, 1.82) is 0 Å². The number of nitrogens with one attached hydrogen (secondary N) is 1. The molecule has 0 aromatic heterocycles. The summed E-state index contributed by atoms with van der Waals surface area (Å²) in [6.07, 6.45) is 0.890. The van der Waals surface area contributed by atoms with Gasteiger partial charge in [-0.1, -0.05) is 65.3 Å². The van der Waals surface area contributed by atoms with Crippen LogP contribution in [-0.2, 0) is 32.6 Å². The first-order chi connectivity index (χ1) is 22.5. The summed E-state index contributed by atoms with van der Waals surface area (Å²) in [7, 11) is -4.36.